The van der Waals surface area contributed by atoms with Crippen molar-refractivity contribution in [2.75, 3.05) is 23.5 Å². The number of aliphatic hydroxyl groups excluding tert-OH is 2. The predicted octanol–water partition coefficient (Wildman–Crippen LogP) is 0.336. The molecule has 16 heteroatoms. The number of rotatable bonds is 9. The molecule has 230 valence electrons. The Morgan fingerprint density at radius 2 is 1.72 bits per heavy atom. The molecule has 0 spiro atoms. The number of aliphatic carboxylic acids is 1. The van der Waals surface area contributed by atoms with Crippen LogP contribution < -0.4 is 11.5 Å². The van der Waals surface area contributed by atoms with Crippen LogP contribution in [0.3, 0.4) is 0 Å². The van der Waals surface area contributed by atoms with Gasteiger partial charge in [0.15, 0.2) is 17.7 Å². The second kappa shape index (κ2) is 13.8. The van der Waals surface area contributed by atoms with Crippen LogP contribution in [-0.2, 0) is 30.5 Å². The molecule has 0 bridgehead atoms. The van der Waals surface area contributed by atoms with Crippen LogP contribution in [0.15, 0.2) is 72.1 Å². The first-order chi connectivity index (χ1) is 20.4. The molecular weight excluding hydrogens is 600 g/mol. The van der Waals surface area contributed by atoms with Gasteiger partial charge >= 0.3 is 5.97 Å². The van der Waals surface area contributed by atoms with Crippen LogP contribution in [0, 0.1) is 0 Å². The van der Waals surface area contributed by atoms with Crippen molar-refractivity contribution in [2.45, 2.75) is 41.9 Å². The highest BCUT2D eigenvalue weighted by atomic mass is 32.2. The lowest BCUT2D eigenvalue weighted by molar-refractivity contribution is -0.138. The molecule has 1 aliphatic rings. The van der Waals surface area contributed by atoms with Gasteiger partial charge in [0.25, 0.3) is 0 Å². The summed E-state index contributed by atoms with van der Waals surface area (Å²) in [6.45, 7) is 0. The number of imidazole rings is 1. The summed E-state index contributed by atoms with van der Waals surface area (Å²) in [7, 11) is -4.59. The summed E-state index contributed by atoms with van der Waals surface area (Å²) in [6, 6.07) is 14.5. The van der Waals surface area contributed by atoms with Gasteiger partial charge in [0.05, 0.1) is 17.5 Å². The van der Waals surface area contributed by atoms with Crippen LogP contribution in [0.5, 0.6) is 0 Å². The Bertz CT molecular complexity index is 1640. The molecule has 14 nitrogen and oxygen atoms in total. The van der Waals surface area contributed by atoms with Crippen molar-refractivity contribution in [3.05, 3.63) is 67.3 Å². The van der Waals surface area contributed by atoms with Crippen molar-refractivity contribution >= 4 is 44.0 Å². The highest BCUT2D eigenvalue weighted by Crippen LogP contribution is 2.32. The lowest BCUT2D eigenvalue weighted by Gasteiger charge is -2.16. The SMILES string of the molecule is C[S+](CC[C@H](N)C(=O)O)C[C@H]1O[C@@H](n2cnc3c(N)ncnc32)[C@H](O)[C@@H]1O.O=S(=O)([O-])c1ccc(-c2ccccc2)cc1. The van der Waals surface area contributed by atoms with Gasteiger partial charge in [0, 0.05) is 6.42 Å². The quantitative estimate of drug-likeness (QED) is 0.124. The average Bonchev–Trinajstić information content (AvgIpc) is 3.53. The molecule has 0 amide bonds. The minimum absolute atomic E-state index is 0.202. The molecule has 4 aromatic rings. The number of carboxylic acids is 1. The van der Waals surface area contributed by atoms with E-state index in [0.717, 1.165) is 11.1 Å². The Balaban J connectivity index is 0.000000225. The molecular formula is C27H32N6O8S2. The Labute approximate surface area is 250 Å². The lowest BCUT2D eigenvalue weighted by atomic mass is 10.1. The molecule has 43 heavy (non-hydrogen) atoms. The van der Waals surface area contributed by atoms with E-state index in [1.807, 2.05) is 36.6 Å². The molecule has 6 atom stereocenters. The van der Waals surface area contributed by atoms with E-state index in [9.17, 15) is 28.0 Å². The van der Waals surface area contributed by atoms with E-state index in [1.165, 1.54) is 29.4 Å². The summed E-state index contributed by atoms with van der Waals surface area (Å²) in [5.74, 6) is 0.254. The highest BCUT2D eigenvalue weighted by Gasteiger charge is 2.46. The number of carboxylic acid groups (broad SMARTS) is 1. The zero-order valence-electron chi connectivity index (χ0n) is 23.0. The van der Waals surface area contributed by atoms with Crippen LogP contribution >= 0.6 is 0 Å². The van der Waals surface area contributed by atoms with Gasteiger partial charge in [0.2, 0.25) is 0 Å². The number of ether oxygens (including phenoxy) is 1. The number of nitrogens with two attached hydrogens (primary N) is 2. The van der Waals surface area contributed by atoms with Crippen molar-refractivity contribution in [2.24, 2.45) is 5.73 Å². The molecule has 1 unspecified atom stereocenters. The topological polar surface area (TPSA) is 240 Å². The first-order valence-corrected chi connectivity index (χ1v) is 16.4. The fraction of sp³-hybridized carbons (Fsp3) is 0.333. The maximum absolute atomic E-state index is 10.8. The zero-order valence-corrected chi connectivity index (χ0v) is 24.6. The van der Waals surface area contributed by atoms with E-state index in [1.54, 1.807) is 12.1 Å². The maximum Gasteiger partial charge on any atom is 0.320 e. The number of fused-ring (bicyclic) bond motifs is 1. The average molecular weight is 633 g/mol. The number of benzene rings is 2. The largest absolute Gasteiger partial charge is 0.744 e. The molecule has 7 N–H and O–H groups in total. The summed E-state index contributed by atoms with van der Waals surface area (Å²) in [5, 5.41) is 29.7. The smallest absolute Gasteiger partial charge is 0.320 e. The molecule has 0 saturated carbocycles. The number of carbonyl (C=O) groups is 1. The Kier molecular flexibility index (Phi) is 10.3. The van der Waals surface area contributed by atoms with Gasteiger partial charge in [-0.05, 0) is 34.2 Å². The summed E-state index contributed by atoms with van der Waals surface area (Å²) < 4.78 is 39.6. The number of nitrogens with zero attached hydrogens (tertiary/aromatic N) is 4. The van der Waals surface area contributed by atoms with Crippen LogP contribution in [0.4, 0.5) is 5.82 Å². The van der Waals surface area contributed by atoms with Gasteiger partial charge in [-0.3, -0.25) is 9.36 Å². The Morgan fingerprint density at radius 3 is 2.35 bits per heavy atom. The Morgan fingerprint density at radius 1 is 1.07 bits per heavy atom. The number of nitrogen functional groups attached to an aromatic ring is 1. The van der Waals surface area contributed by atoms with Crippen LogP contribution in [0.1, 0.15) is 12.6 Å². The third-order valence-electron chi connectivity index (χ3n) is 6.79. The summed E-state index contributed by atoms with van der Waals surface area (Å²) in [6.07, 6.45) is 1.31. The van der Waals surface area contributed by atoms with Gasteiger partial charge < -0.3 is 36.1 Å². The number of hydrogen-bond donors (Lipinski definition) is 5. The molecule has 3 heterocycles. The van der Waals surface area contributed by atoms with E-state index in [2.05, 4.69) is 15.0 Å². The van der Waals surface area contributed by atoms with E-state index in [-0.39, 0.29) is 21.6 Å². The van der Waals surface area contributed by atoms with Gasteiger partial charge in [-0.15, -0.1) is 0 Å². The van der Waals surface area contributed by atoms with E-state index in [0.29, 0.717) is 29.1 Å². The van der Waals surface area contributed by atoms with Gasteiger partial charge in [-0.2, -0.15) is 0 Å². The van der Waals surface area contributed by atoms with Crippen molar-refractivity contribution in [1.82, 2.24) is 19.5 Å². The summed E-state index contributed by atoms with van der Waals surface area (Å²) in [5.41, 5.74) is 14.0. The minimum atomic E-state index is -4.35. The molecule has 0 radical (unpaired) electrons. The summed E-state index contributed by atoms with van der Waals surface area (Å²) in [4.78, 5) is 22.7. The zero-order chi connectivity index (χ0) is 31.3. The van der Waals surface area contributed by atoms with Crippen molar-refractivity contribution < 1.29 is 37.8 Å². The monoisotopic (exact) mass is 632 g/mol. The normalized spacial score (nSPS) is 21.6. The second-order valence-corrected chi connectivity index (χ2v) is 13.5. The van der Waals surface area contributed by atoms with Crippen LogP contribution in [0.2, 0.25) is 0 Å². The maximum atomic E-state index is 10.8. The minimum Gasteiger partial charge on any atom is -0.744 e. The third kappa shape index (κ3) is 7.85. The van der Waals surface area contributed by atoms with Crippen LogP contribution in [-0.4, -0.2) is 95.9 Å². The van der Waals surface area contributed by atoms with Crippen molar-refractivity contribution in [3.63, 3.8) is 0 Å². The van der Waals surface area contributed by atoms with Gasteiger partial charge in [-0.25, -0.2) is 23.4 Å². The number of aromatic nitrogens is 4. The van der Waals surface area contributed by atoms with Gasteiger partial charge in [-0.1, -0.05) is 42.5 Å². The van der Waals surface area contributed by atoms with Gasteiger partial charge in [0.1, 0.15) is 57.8 Å². The number of hydrogen-bond acceptors (Lipinski definition) is 12. The lowest BCUT2D eigenvalue weighted by Crippen LogP contribution is -2.37. The number of aliphatic hydroxyl groups is 2. The first-order valence-electron chi connectivity index (χ1n) is 13.0. The number of anilines is 1. The van der Waals surface area contributed by atoms with E-state index in [4.69, 9.17) is 21.3 Å². The standard InChI is InChI=1S/C15H22N6O5S.C12H10O3S/c1-27(3-2-7(16)15(24)25)4-8-10(22)11(23)14(26-8)21-6-20-9-12(17)18-5-19-13(9)21;13-16(14,15)12-8-6-11(7-9-12)10-4-2-1-3-5-10/h5-8,10-11,14,22-23H,2-4,16H2,1H3,(H2-,17,18,19,24,25);1-9H,(H,13,14,15)/t7-,8+,10+,11+,14+,27?;/m0./s1. The predicted molar refractivity (Wildman–Crippen MR) is 159 cm³/mol. The fourth-order valence-corrected chi connectivity index (χ4v) is 6.54. The molecule has 1 saturated heterocycles. The van der Waals surface area contributed by atoms with Crippen LogP contribution in [0.25, 0.3) is 22.3 Å². The Hall–Kier alpha value is -3.64. The van der Waals surface area contributed by atoms with Crippen molar-refractivity contribution in [1.29, 1.82) is 0 Å². The third-order valence-corrected chi connectivity index (χ3v) is 9.47. The molecule has 0 aliphatic carbocycles. The van der Waals surface area contributed by atoms with E-state index >= 15 is 0 Å². The van der Waals surface area contributed by atoms with E-state index < -0.39 is 46.7 Å². The second-order valence-electron chi connectivity index (χ2n) is 9.86. The fourth-order valence-electron chi connectivity index (χ4n) is 4.41. The molecule has 2 aromatic carbocycles. The molecule has 1 aliphatic heterocycles. The highest BCUT2D eigenvalue weighted by molar-refractivity contribution is 7.96. The molecule has 5 rings (SSSR count). The summed E-state index contributed by atoms with van der Waals surface area (Å²) >= 11 is 0. The van der Waals surface area contributed by atoms with Crippen molar-refractivity contribution in [3.8, 4) is 11.1 Å². The molecule has 1 fully saturated rings. The first kappa shape index (κ1) is 32.3. The molecule has 2 aromatic heterocycles.